The number of aromatic nitrogens is 1. The Balaban J connectivity index is 0.000000260. The third kappa shape index (κ3) is 5.18. The maximum Gasteiger partial charge on any atom is 0.490 e. The minimum absolute atomic E-state index is 0.374. The summed E-state index contributed by atoms with van der Waals surface area (Å²) in [6.07, 6.45) is -0.977. The number of pyridine rings is 1. The van der Waals surface area contributed by atoms with Gasteiger partial charge in [0.15, 0.2) is 0 Å². The van der Waals surface area contributed by atoms with E-state index in [1.165, 1.54) is 0 Å². The highest BCUT2D eigenvalue weighted by Gasteiger charge is 2.44. The highest BCUT2D eigenvalue weighted by Crippen LogP contribution is 2.36. The van der Waals surface area contributed by atoms with Gasteiger partial charge in [-0.15, -0.1) is 0 Å². The highest BCUT2D eigenvalue weighted by molar-refractivity contribution is 5.81. The topological polar surface area (TPSA) is 73.7 Å². The Labute approximate surface area is 155 Å². The minimum atomic E-state index is -5.08. The predicted octanol–water partition coefficient (Wildman–Crippen LogP) is 2.02. The van der Waals surface area contributed by atoms with Crippen molar-refractivity contribution >= 4 is 11.9 Å². The second kappa shape index (κ2) is 7.84. The summed E-state index contributed by atoms with van der Waals surface area (Å²) in [5, 5.41) is 7.12. The van der Waals surface area contributed by atoms with Crippen LogP contribution in [0.15, 0.2) is 24.4 Å². The van der Waals surface area contributed by atoms with E-state index < -0.39 is 12.1 Å². The predicted molar refractivity (Wildman–Crippen MR) is 89.5 cm³/mol. The molecule has 0 aromatic carbocycles. The van der Waals surface area contributed by atoms with Gasteiger partial charge in [-0.2, -0.15) is 13.2 Å². The van der Waals surface area contributed by atoms with Gasteiger partial charge in [0.1, 0.15) is 0 Å². The smallest absolute Gasteiger partial charge is 0.475 e. The second-order valence-electron chi connectivity index (χ2n) is 7.36. The molecule has 3 heterocycles. The molecule has 2 aliphatic heterocycles. The number of likely N-dealkylation sites (tertiary alicyclic amines) is 2. The Bertz CT molecular complexity index is 665. The number of amides is 1. The van der Waals surface area contributed by atoms with E-state index in [2.05, 4.69) is 26.9 Å². The quantitative estimate of drug-likeness (QED) is 0.862. The number of rotatable bonds is 3. The Morgan fingerprint density at radius 1 is 1.11 bits per heavy atom. The summed E-state index contributed by atoms with van der Waals surface area (Å²) in [7, 11) is 0. The molecule has 1 aliphatic carbocycles. The molecule has 1 aromatic heterocycles. The van der Waals surface area contributed by atoms with Gasteiger partial charge < -0.3 is 10.0 Å². The van der Waals surface area contributed by atoms with Crippen LogP contribution in [0.25, 0.3) is 0 Å². The van der Waals surface area contributed by atoms with Gasteiger partial charge in [0.2, 0.25) is 5.91 Å². The van der Waals surface area contributed by atoms with E-state index in [1.54, 1.807) is 0 Å². The van der Waals surface area contributed by atoms with Crippen molar-refractivity contribution in [3.05, 3.63) is 30.1 Å². The van der Waals surface area contributed by atoms with Crippen LogP contribution in [-0.4, -0.2) is 64.1 Å². The summed E-state index contributed by atoms with van der Waals surface area (Å²) in [5.74, 6) is -0.593. The van der Waals surface area contributed by atoms with Crippen LogP contribution in [-0.2, 0) is 16.1 Å². The Morgan fingerprint density at radius 2 is 1.70 bits per heavy atom. The largest absolute Gasteiger partial charge is 0.490 e. The summed E-state index contributed by atoms with van der Waals surface area (Å²) in [5.41, 5.74) is 1.15. The van der Waals surface area contributed by atoms with Gasteiger partial charge in [-0.25, -0.2) is 4.79 Å². The van der Waals surface area contributed by atoms with Gasteiger partial charge >= 0.3 is 12.1 Å². The van der Waals surface area contributed by atoms with E-state index in [4.69, 9.17) is 9.90 Å². The van der Waals surface area contributed by atoms with Crippen LogP contribution in [0, 0.1) is 17.8 Å². The van der Waals surface area contributed by atoms with Crippen LogP contribution in [0.4, 0.5) is 13.2 Å². The Morgan fingerprint density at radius 3 is 2.15 bits per heavy atom. The number of carboxylic acid groups (broad SMARTS) is 1. The van der Waals surface area contributed by atoms with Gasteiger partial charge in [-0.3, -0.25) is 14.7 Å². The van der Waals surface area contributed by atoms with E-state index in [0.29, 0.717) is 23.7 Å². The average Bonchev–Trinajstić information content (AvgIpc) is 3.28. The zero-order valence-corrected chi connectivity index (χ0v) is 14.7. The molecule has 148 valence electrons. The molecule has 1 N–H and O–H groups in total. The number of carboxylic acids is 1. The Kier molecular flexibility index (Phi) is 5.69. The van der Waals surface area contributed by atoms with E-state index in [0.717, 1.165) is 51.3 Å². The fraction of sp³-hybridized carbons (Fsp3) is 0.611. The van der Waals surface area contributed by atoms with Crippen LogP contribution >= 0.6 is 0 Å². The molecule has 1 aromatic rings. The number of halogens is 3. The van der Waals surface area contributed by atoms with Crippen molar-refractivity contribution in [1.82, 2.24) is 14.8 Å². The SMILES string of the molecule is O=C(C1CC1)N1C[C@H]2CN(Cc3ccccn3)C[C@H]2C1.O=C(O)C(F)(F)F. The molecule has 0 bridgehead atoms. The van der Waals surface area contributed by atoms with Crippen LogP contribution in [0.3, 0.4) is 0 Å². The zero-order valence-electron chi connectivity index (χ0n) is 14.7. The first kappa shape index (κ1) is 19.6. The monoisotopic (exact) mass is 385 g/mol. The standard InChI is InChI=1S/C16H21N3O.C2HF3O2/c20-16(12-4-5-12)19-9-13-7-18(8-14(13)10-19)11-15-3-1-2-6-17-15;3-2(4,5)1(6)7/h1-3,6,12-14H,4-5,7-11H2;(H,6,7)/t13-,14+;. The maximum atomic E-state index is 12.1. The average molecular weight is 385 g/mol. The van der Waals surface area contributed by atoms with Gasteiger partial charge in [0, 0.05) is 44.8 Å². The lowest BCUT2D eigenvalue weighted by atomic mass is 10.0. The number of carbonyl (C=O) groups is 2. The molecular weight excluding hydrogens is 363 g/mol. The van der Waals surface area contributed by atoms with Crippen molar-refractivity contribution < 1.29 is 27.9 Å². The van der Waals surface area contributed by atoms with Crippen molar-refractivity contribution in [3.63, 3.8) is 0 Å². The molecule has 27 heavy (non-hydrogen) atoms. The first-order chi connectivity index (χ1) is 12.7. The lowest BCUT2D eigenvalue weighted by molar-refractivity contribution is -0.192. The summed E-state index contributed by atoms with van der Waals surface area (Å²) >= 11 is 0. The van der Waals surface area contributed by atoms with Gasteiger partial charge in [0.25, 0.3) is 0 Å². The summed E-state index contributed by atoms with van der Waals surface area (Å²) in [6, 6.07) is 6.11. The van der Waals surface area contributed by atoms with Gasteiger partial charge in [-0.05, 0) is 36.8 Å². The highest BCUT2D eigenvalue weighted by atomic mass is 19.4. The fourth-order valence-corrected chi connectivity index (χ4v) is 3.71. The zero-order chi connectivity index (χ0) is 19.6. The summed E-state index contributed by atoms with van der Waals surface area (Å²) in [4.78, 5) is 30.0. The fourth-order valence-electron chi connectivity index (χ4n) is 3.71. The van der Waals surface area contributed by atoms with E-state index in [9.17, 15) is 18.0 Å². The van der Waals surface area contributed by atoms with Crippen LogP contribution in [0.5, 0.6) is 0 Å². The number of hydrogen-bond donors (Lipinski definition) is 1. The normalized spacial score (nSPS) is 24.9. The molecule has 9 heteroatoms. The van der Waals surface area contributed by atoms with E-state index >= 15 is 0 Å². The van der Waals surface area contributed by atoms with Crippen molar-refractivity contribution in [2.45, 2.75) is 25.6 Å². The number of aliphatic carboxylic acids is 1. The van der Waals surface area contributed by atoms with Crippen LogP contribution in [0.2, 0.25) is 0 Å². The van der Waals surface area contributed by atoms with Crippen molar-refractivity contribution in [3.8, 4) is 0 Å². The lowest BCUT2D eigenvalue weighted by Gasteiger charge is -2.21. The van der Waals surface area contributed by atoms with Crippen molar-refractivity contribution in [2.24, 2.45) is 17.8 Å². The number of carbonyl (C=O) groups excluding carboxylic acids is 1. The number of nitrogens with zero attached hydrogens (tertiary/aromatic N) is 3. The first-order valence-electron chi connectivity index (χ1n) is 8.95. The molecule has 3 aliphatic rings. The summed E-state index contributed by atoms with van der Waals surface area (Å²) in [6.45, 7) is 5.16. The third-order valence-electron chi connectivity index (χ3n) is 5.15. The van der Waals surface area contributed by atoms with Crippen molar-refractivity contribution in [2.75, 3.05) is 26.2 Å². The molecule has 1 amide bonds. The molecule has 0 unspecified atom stereocenters. The summed E-state index contributed by atoms with van der Waals surface area (Å²) < 4.78 is 31.7. The third-order valence-corrected chi connectivity index (χ3v) is 5.15. The molecule has 3 fully saturated rings. The Hall–Kier alpha value is -2.16. The first-order valence-corrected chi connectivity index (χ1v) is 8.95. The minimum Gasteiger partial charge on any atom is -0.475 e. The van der Waals surface area contributed by atoms with Crippen molar-refractivity contribution in [1.29, 1.82) is 0 Å². The van der Waals surface area contributed by atoms with Crippen LogP contribution in [0.1, 0.15) is 18.5 Å². The van der Waals surface area contributed by atoms with Gasteiger partial charge in [-0.1, -0.05) is 6.07 Å². The lowest BCUT2D eigenvalue weighted by Crippen LogP contribution is -2.34. The number of alkyl halides is 3. The van der Waals surface area contributed by atoms with Crippen LogP contribution < -0.4 is 0 Å². The number of hydrogen-bond acceptors (Lipinski definition) is 4. The van der Waals surface area contributed by atoms with E-state index in [-0.39, 0.29) is 0 Å². The molecular formula is C18H22F3N3O3. The molecule has 2 atom stereocenters. The number of fused-ring (bicyclic) bond motifs is 1. The van der Waals surface area contributed by atoms with Gasteiger partial charge in [0.05, 0.1) is 5.69 Å². The molecule has 6 nitrogen and oxygen atoms in total. The second-order valence-corrected chi connectivity index (χ2v) is 7.36. The molecule has 4 rings (SSSR count). The molecule has 2 saturated heterocycles. The molecule has 1 saturated carbocycles. The maximum absolute atomic E-state index is 12.1. The molecule has 0 spiro atoms. The van der Waals surface area contributed by atoms with E-state index in [1.807, 2.05) is 12.3 Å². The molecule has 0 radical (unpaired) electrons.